The first-order valence-electron chi connectivity index (χ1n) is 5.78. The molecule has 0 bridgehead atoms. The van der Waals surface area contributed by atoms with E-state index in [2.05, 4.69) is 31.3 Å². The largest absolute Gasteiger partial charge is 0.271 e. The number of rotatable bonds is 4. The Hall–Kier alpha value is -1.37. The number of aromatic nitrogens is 2. The van der Waals surface area contributed by atoms with Crippen molar-refractivity contribution in [1.29, 1.82) is 0 Å². The zero-order valence-corrected chi connectivity index (χ0v) is 12.0. The molecule has 4 nitrogen and oxygen atoms in total. The van der Waals surface area contributed by atoms with Crippen LogP contribution in [0.4, 0.5) is 4.39 Å². The molecule has 1 heterocycles. The molecule has 6 heteroatoms. The quantitative estimate of drug-likeness (QED) is 0.669. The second-order valence-corrected chi connectivity index (χ2v) is 5.13. The maximum Gasteiger partial charge on any atom is 0.146 e. The zero-order chi connectivity index (χ0) is 13.8. The van der Waals surface area contributed by atoms with E-state index in [1.807, 2.05) is 6.92 Å². The van der Waals surface area contributed by atoms with Crippen LogP contribution in [0.25, 0.3) is 0 Å². The Labute approximate surface area is 119 Å². The molecule has 0 amide bonds. The van der Waals surface area contributed by atoms with E-state index < -0.39 is 0 Å². The molecule has 0 saturated carbocycles. The van der Waals surface area contributed by atoms with E-state index in [9.17, 15) is 4.39 Å². The number of hydrazine groups is 1. The average Bonchev–Trinajstić information content (AvgIpc) is 2.39. The number of benzene rings is 1. The number of nitrogens with zero attached hydrogens (tertiary/aromatic N) is 2. The maximum atomic E-state index is 13.0. The molecule has 0 radical (unpaired) electrons. The van der Waals surface area contributed by atoms with Crippen molar-refractivity contribution < 1.29 is 4.39 Å². The average molecular weight is 325 g/mol. The lowest BCUT2D eigenvalue weighted by Crippen LogP contribution is -2.31. The number of hydrogen-bond acceptors (Lipinski definition) is 4. The minimum Gasteiger partial charge on any atom is -0.271 e. The van der Waals surface area contributed by atoms with Gasteiger partial charge in [-0.3, -0.25) is 5.84 Å². The third kappa shape index (κ3) is 3.56. The van der Waals surface area contributed by atoms with Gasteiger partial charge in [-0.1, -0.05) is 22.0 Å². The van der Waals surface area contributed by atoms with Gasteiger partial charge in [0.1, 0.15) is 11.6 Å². The predicted octanol–water partition coefficient (Wildman–Crippen LogP) is 2.43. The summed E-state index contributed by atoms with van der Waals surface area (Å²) in [6, 6.07) is 4.35. The molecule has 1 aromatic heterocycles. The normalized spacial score (nSPS) is 12.4. The highest BCUT2D eigenvalue weighted by molar-refractivity contribution is 9.10. The van der Waals surface area contributed by atoms with Crippen LogP contribution in [0.3, 0.4) is 0 Å². The van der Waals surface area contributed by atoms with Gasteiger partial charge in [-0.15, -0.1) is 0 Å². The molecule has 0 saturated heterocycles. The number of aryl methyl sites for hydroxylation is 1. The summed E-state index contributed by atoms with van der Waals surface area (Å²) in [7, 11) is 0. The first-order chi connectivity index (χ1) is 9.10. The number of nitrogens with one attached hydrogen (secondary N) is 1. The van der Waals surface area contributed by atoms with E-state index in [-0.39, 0.29) is 11.9 Å². The van der Waals surface area contributed by atoms with E-state index in [1.54, 1.807) is 18.5 Å². The SMILES string of the molecule is Cc1cnc(C(Cc2ccc(F)cc2Br)NN)nc1. The van der Waals surface area contributed by atoms with Crippen LogP contribution in [0.2, 0.25) is 0 Å². The maximum absolute atomic E-state index is 13.0. The van der Waals surface area contributed by atoms with Crippen LogP contribution in [0, 0.1) is 12.7 Å². The molecule has 0 fully saturated rings. The van der Waals surface area contributed by atoms with Gasteiger partial charge in [-0.2, -0.15) is 0 Å². The standard InChI is InChI=1S/C13H14BrFN4/c1-8-6-17-13(18-7-8)12(19-16)4-9-2-3-10(15)5-11(9)14/h2-3,5-7,12,19H,4,16H2,1H3. The van der Waals surface area contributed by atoms with Crippen molar-refractivity contribution in [1.82, 2.24) is 15.4 Å². The van der Waals surface area contributed by atoms with Crippen molar-refractivity contribution in [2.75, 3.05) is 0 Å². The monoisotopic (exact) mass is 324 g/mol. The summed E-state index contributed by atoms with van der Waals surface area (Å²) in [5.41, 5.74) is 4.62. The molecule has 19 heavy (non-hydrogen) atoms. The number of halogens is 2. The lowest BCUT2D eigenvalue weighted by Gasteiger charge is -2.15. The Bertz CT molecular complexity index is 559. The van der Waals surface area contributed by atoms with Crippen LogP contribution < -0.4 is 11.3 Å². The van der Waals surface area contributed by atoms with Crippen molar-refractivity contribution in [2.45, 2.75) is 19.4 Å². The Morgan fingerprint density at radius 1 is 1.37 bits per heavy atom. The molecular formula is C13H14BrFN4. The van der Waals surface area contributed by atoms with Crippen molar-refractivity contribution in [3.63, 3.8) is 0 Å². The van der Waals surface area contributed by atoms with E-state index >= 15 is 0 Å². The minimum atomic E-state index is -0.278. The van der Waals surface area contributed by atoms with Gasteiger partial charge in [0, 0.05) is 16.9 Å². The molecule has 3 N–H and O–H groups in total. The summed E-state index contributed by atoms with van der Waals surface area (Å²) in [4.78, 5) is 8.50. The van der Waals surface area contributed by atoms with Gasteiger partial charge < -0.3 is 0 Å². The smallest absolute Gasteiger partial charge is 0.146 e. The lowest BCUT2D eigenvalue weighted by atomic mass is 10.1. The van der Waals surface area contributed by atoms with Crippen LogP contribution in [0.1, 0.15) is 23.0 Å². The van der Waals surface area contributed by atoms with E-state index in [4.69, 9.17) is 5.84 Å². The van der Waals surface area contributed by atoms with E-state index in [0.717, 1.165) is 11.1 Å². The van der Waals surface area contributed by atoms with Crippen molar-refractivity contribution in [3.05, 3.63) is 57.8 Å². The summed E-state index contributed by atoms with van der Waals surface area (Å²) in [5, 5.41) is 0. The van der Waals surface area contributed by atoms with Gasteiger partial charge in [-0.25, -0.2) is 19.8 Å². The fraction of sp³-hybridized carbons (Fsp3) is 0.231. The van der Waals surface area contributed by atoms with E-state index in [1.165, 1.54) is 12.1 Å². The second-order valence-electron chi connectivity index (χ2n) is 4.28. The minimum absolute atomic E-state index is 0.220. The fourth-order valence-corrected chi connectivity index (χ4v) is 2.23. The van der Waals surface area contributed by atoms with Crippen molar-refractivity contribution >= 4 is 15.9 Å². The number of nitrogens with two attached hydrogens (primary N) is 1. The summed E-state index contributed by atoms with van der Waals surface area (Å²) in [6.45, 7) is 1.92. The number of hydrogen-bond donors (Lipinski definition) is 2. The zero-order valence-electron chi connectivity index (χ0n) is 10.4. The molecule has 1 unspecified atom stereocenters. The fourth-order valence-electron chi connectivity index (χ4n) is 1.71. The molecule has 0 aliphatic carbocycles. The lowest BCUT2D eigenvalue weighted by molar-refractivity contribution is 0.520. The van der Waals surface area contributed by atoms with Gasteiger partial charge in [0.05, 0.1) is 6.04 Å². The van der Waals surface area contributed by atoms with Crippen LogP contribution in [0.5, 0.6) is 0 Å². The highest BCUT2D eigenvalue weighted by Crippen LogP contribution is 2.23. The molecule has 2 rings (SSSR count). The molecule has 100 valence electrons. The van der Waals surface area contributed by atoms with E-state index in [0.29, 0.717) is 16.7 Å². The third-order valence-corrected chi connectivity index (χ3v) is 3.49. The topological polar surface area (TPSA) is 63.8 Å². The summed E-state index contributed by atoms with van der Waals surface area (Å²) < 4.78 is 13.7. The molecule has 2 aromatic rings. The van der Waals surface area contributed by atoms with Crippen molar-refractivity contribution in [3.8, 4) is 0 Å². The molecular weight excluding hydrogens is 311 g/mol. The highest BCUT2D eigenvalue weighted by Gasteiger charge is 2.15. The highest BCUT2D eigenvalue weighted by atomic mass is 79.9. The first kappa shape index (κ1) is 14.0. The second kappa shape index (κ2) is 6.18. The molecule has 0 aliphatic heterocycles. The molecule has 1 atom stereocenters. The van der Waals surface area contributed by atoms with Gasteiger partial charge in [0.25, 0.3) is 0 Å². The van der Waals surface area contributed by atoms with Gasteiger partial charge in [0.2, 0.25) is 0 Å². The first-order valence-corrected chi connectivity index (χ1v) is 6.58. The molecule has 0 aliphatic rings. The van der Waals surface area contributed by atoms with Crippen molar-refractivity contribution in [2.24, 2.45) is 5.84 Å². The predicted molar refractivity (Wildman–Crippen MR) is 74.6 cm³/mol. The molecule has 1 aromatic carbocycles. The van der Waals surface area contributed by atoms with Crippen LogP contribution in [-0.2, 0) is 6.42 Å². The van der Waals surface area contributed by atoms with Gasteiger partial charge >= 0.3 is 0 Å². The van der Waals surface area contributed by atoms with Crippen LogP contribution in [-0.4, -0.2) is 9.97 Å². The van der Waals surface area contributed by atoms with Gasteiger partial charge in [0.15, 0.2) is 0 Å². The Balaban J connectivity index is 2.21. The Morgan fingerprint density at radius 2 is 2.05 bits per heavy atom. The summed E-state index contributed by atoms with van der Waals surface area (Å²) >= 11 is 3.34. The van der Waals surface area contributed by atoms with Crippen LogP contribution in [0.15, 0.2) is 35.1 Å². The molecule has 0 spiro atoms. The third-order valence-electron chi connectivity index (χ3n) is 2.75. The van der Waals surface area contributed by atoms with Gasteiger partial charge in [-0.05, 0) is 36.6 Å². The van der Waals surface area contributed by atoms with Crippen LogP contribution >= 0.6 is 15.9 Å². The Morgan fingerprint density at radius 3 is 2.63 bits per heavy atom. The summed E-state index contributed by atoms with van der Waals surface area (Å²) in [5.74, 6) is 5.89. The Kier molecular flexibility index (Phi) is 4.57. The summed E-state index contributed by atoms with van der Waals surface area (Å²) in [6.07, 6.45) is 4.05.